The molecule has 0 saturated carbocycles. The van der Waals surface area contributed by atoms with E-state index in [0.29, 0.717) is 5.92 Å². The number of aliphatic hydroxyl groups excluding tert-OH is 1. The lowest BCUT2D eigenvalue weighted by molar-refractivity contribution is 0.209. The van der Waals surface area contributed by atoms with Gasteiger partial charge in [0.1, 0.15) is 6.23 Å². The van der Waals surface area contributed by atoms with Gasteiger partial charge in [0.05, 0.1) is 0 Å². The average molecular weight is 156 g/mol. The molecule has 2 atom stereocenters. The van der Waals surface area contributed by atoms with Crippen molar-refractivity contribution in [1.82, 2.24) is 0 Å². The molecular weight excluding hydrogens is 140 g/mol. The van der Waals surface area contributed by atoms with E-state index in [1.807, 2.05) is 6.08 Å². The first kappa shape index (κ1) is 8.71. The molecule has 3 nitrogen and oxygen atoms in total. The first-order valence-corrected chi connectivity index (χ1v) is 4.06. The Kier molecular flexibility index (Phi) is 3.05. The minimum absolute atomic E-state index is 0.595. The third-order valence-electron chi connectivity index (χ3n) is 2.27. The number of hydrogen-bond acceptors (Lipinski definition) is 3. The van der Waals surface area contributed by atoms with Gasteiger partial charge in [-0.05, 0) is 37.3 Å². The predicted octanol–water partition coefficient (Wildman–Crippen LogP) is -0.0513. The summed E-state index contributed by atoms with van der Waals surface area (Å²) in [5.74, 6) is 0.595. The molecule has 1 aliphatic rings. The second-order valence-electron chi connectivity index (χ2n) is 3.10. The standard InChI is InChI=1S/C8H16N2O/c9-5-6-1-3-7(4-2-6)8(10)11/h3,6,8,11H,1-2,4-5,9-10H2. The van der Waals surface area contributed by atoms with Crippen molar-refractivity contribution in [1.29, 1.82) is 0 Å². The predicted molar refractivity (Wildman–Crippen MR) is 44.7 cm³/mol. The molecule has 1 aliphatic carbocycles. The van der Waals surface area contributed by atoms with E-state index >= 15 is 0 Å². The lowest BCUT2D eigenvalue weighted by atomic mass is 9.89. The molecule has 0 aromatic carbocycles. The molecule has 11 heavy (non-hydrogen) atoms. The van der Waals surface area contributed by atoms with Crippen LogP contribution in [0.25, 0.3) is 0 Å². The Morgan fingerprint density at radius 1 is 1.73 bits per heavy atom. The first-order valence-electron chi connectivity index (χ1n) is 4.06. The molecule has 0 bridgehead atoms. The number of hydrogen-bond donors (Lipinski definition) is 3. The van der Waals surface area contributed by atoms with Crippen molar-refractivity contribution in [2.75, 3.05) is 6.54 Å². The van der Waals surface area contributed by atoms with Gasteiger partial charge < -0.3 is 16.6 Å². The van der Waals surface area contributed by atoms with Gasteiger partial charge in [-0.2, -0.15) is 0 Å². The van der Waals surface area contributed by atoms with Crippen molar-refractivity contribution in [2.24, 2.45) is 17.4 Å². The molecule has 0 spiro atoms. The van der Waals surface area contributed by atoms with E-state index in [1.165, 1.54) is 0 Å². The molecule has 0 aromatic rings. The lowest BCUT2D eigenvalue weighted by Gasteiger charge is -2.21. The molecule has 0 radical (unpaired) electrons. The summed E-state index contributed by atoms with van der Waals surface area (Å²) in [7, 11) is 0. The van der Waals surface area contributed by atoms with E-state index < -0.39 is 6.23 Å². The number of allylic oxidation sites excluding steroid dienone is 1. The first-order chi connectivity index (χ1) is 5.24. The van der Waals surface area contributed by atoms with Gasteiger partial charge in [-0.1, -0.05) is 6.08 Å². The topological polar surface area (TPSA) is 72.3 Å². The normalized spacial score (nSPS) is 27.9. The summed E-state index contributed by atoms with van der Waals surface area (Å²) in [6, 6.07) is 0. The smallest absolute Gasteiger partial charge is 0.124 e. The van der Waals surface area contributed by atoms with Gasteiger partial charge in [-0.15, -0.1) is 0 Å². The highest BCUT2D eigenvalue weighted by atomic mass is 16.3. The van der Waals surface area contributed by atoms with Crippen molar-refractivity contribution in [2.45, 2.75) is 25.5 Å². The Morgan fingerprint density at radius 2 is 2.45 bits per heavy atom. The van der Waals surface area contributed by atoms with E-state index in [9.17, 15) is 0 Å². The summed E-state index contributed by atoms with van der Waals surface area (Å²) in [5.41, 5.74) is 11.8. The van der Waals surface area contributed by atoms with Gasteiger partial charge in [0, 0.05) is 0 Å². The van der Waals surface area contributed by atoms with Gasteiger partial charge in [0.25, 0.3) is 0 Å². The fraction of sp³-hybridized carbons (Fsp3) is 0.750. The molecule has 1 rings (SSSR count). The van der Waals surface area contributed by atoms with Crippen molar-refractivity contribution >= 4 is 0 Å². The second kappa shape index (κ2) is 3.85. The van der Waals surface area contributed by atoms with Crippen LogP contribution in [0, 0.1) is 5.92 Å². The van der Waals surface area contributed by atoms with Crippen LogP contribution in [0.1, 0.15) is 19.3 Å². The molecule has 64 valence electrons. The molecule has 5 N–H and O–H groups in total. The Morgan fingerprint density at radius 3 is 2.82 bits per heavy atom. The summed E-state index contributed by atoms with van der Waals surface area (Å²) in [4.78, 5) is 0. The van der Waals surface area contributed by atoms with Crippen LogP contribution in [0.15, 0.2) is 11.6 Å². The quantitative estimate of drug-likeness (QED) is 0.387. The molecular formula is C8H16N2O. The number of rotatable bonds is 2. The zero-order chi connectivity index (χ0) is 8.27. The van der Waals surface area contributed by atoms with Gasteiger partial charge in [0.2, 0.25) is 0 Å². The molecule has 0 saturated heterocycles. The van der Waals surface area contributed by atoms with Crippen LogP contribution in [0.3, 0.4) is 0 Å². The largest absolute Gasteiger partial charge is 0.375 e. The van der Waals surface area contributed by atoms with Crippen LogP contribution >= 0.6 is 0 Å². The zero-order valence-electron chi connectivity index (χ0n) is 6.66. The van der Waals surface area contributed by atoms with Crippen LogP contribution in [-0.4, -0.2) is 17.9 Å². The Labute approximate surface area is 67.1 Å². The summed E-state index contributed by atoms with van der Waals surface area (Å²) in [5, 5.41) is 9.01. The van der Waals surface area contributed by atoms with Crippen molar-refractivity contribution in [3.63, 3.8) is 0 Å². The van der Waals surface area contributed by atoms with Crippen LogP contribution in [-0.2, 0) is 0 Å². The number of nitrogens with two attached hydrogens (primary N) is 2. The Balaban J connectivity index is 2.44. The van der Waals surface area contributed by atoms with Crippen molar-refractivity contribution in [3.05, 3.63) is 11.6 Å². The average Bonchev–Trinajstić information content (AvgIpc) is 2.05. The Bertz CT molecular complexity index is 154. The van der Waals surface area contributed by atoms with E-state index in [2.05, 4.69) is 0 Å². The monoisotopic (exact) mass is 156 g/mol. The van der Waals surface area contributed by atoms with Gasteiger partial charge >= 0.3 is 0 Å². The maximum Gasteiger partial charge on any atom is 0.124 e. The van der Waals surface area contributed by atoms with Gasteiger partial charge in [0.15, 0.2) is 0 Å². The lowest BCUT2D eigenvalue weighted by Crippen LogP contribution is -2.25. The molecule has 3 heteroatoms. The molecule has 0 heterocycles. The van der Waals surface area contributed by atoms with Gasteiger partial charge in [-0.3, -0.25) is 0 Å². The fourth-order valence-corrected chi connectivity index (χ4v) is 1.39. The minimum atomic E-state index is -0.756. The SMILES string of the molecule is NCC1CC=C(C(N)O)CC1. The summed E-state index contributed by atoms with van der Waals surface area (Å²) in [6.07, 6.45) is 4.20. The maximum absolute atomic E-state index is 9.01. The summed E-state index contributed by atoms with van der Waals surface area (Å²) < 4.78 is 0. The van der Waals surface area contributed by atoms with Crippen LogP contribution in [0.4, 0.5) is 0 Å². The third kappa shape index (κ3) is 2.29. The molecule has 0 aliphatic heterocycles. The summed E-state index contributed by atoms with van der Waals surface area (Å²) in [6.45, 7) is 0.741. The second-order valence-corrected chi connectivity index (χ2v) is 3.10. The highest BCUT2D eigenvalue weighted by Gasteiger charge is 2.15. The molecule has 0 fully saturated rings. The fourth-order valence-electron chi connectivity index (χ4n) is 1.39. The van der Waals surface area contributed by atoms with Crippen LogP contribution in [0.2, 0.25) is 0 Å². The highest BCUT2D eigenvalue weighted by molar-refractivity contribution is 5.09. The summed E-state index contributed by atoms with van der Waals surface area (Å²) >= 11 is 0. The minimum Gasteiger partial charge on any atom is -0.375 e. The maximum atomic E-state index is 9.01. The van der Waals surface area contributed by atoms with Crippen LogP contribution < -0.4 is 11.5 Å². The van der Waals surface area contributed by atoms with E-state index in [1.54, 1.807) is 0 Å². The molecule has 0 amide bonds. The third-order valence-corrected chi connectivity index (χ3v) is 2.27. The molecule has 0 aromatic heterocycles. The number of aliphatic hydroxyl groups is 1. The van der Waals surface area contributed by atoms with E-state index in [-0.39, 0.29) is 0 Å². The highest BCUT2D eigenvalue weighted by Crippen LogP contribution is 2.23. The van der Waals surface area contributed by atoms with E-state index in [0.717, 1.165) is 31.4 Å². The van der Waals surface area contributed by atoms with Crippen molar-refractivity contribution < 1.29 is 5.11 Å². The van der Waals surface area contributed by atoms with Gasteiger partial charge in [-0.25, -0.2) is 0 Å². The van der Waals surface area contributed by atoms with E-state index in [4.69, 9.17) is 16.6 Å². The molecule has 2 unspecified atom stereocenters. The van der Waals surface area contributed by atoms with Crippen LogP contribution in [0.5, 0.6) is 0 Å². The Hall–Kier alpha value is -0.380. The van der Waals surface area contributed by atoms with Crippen molar-refractivity contribution in [3.8, 4) is 0 Å². The zero-order valence-corrected chi connectivity index (χ0v) is 6.66.